The Bertz CT molecular complexity index is 272. The molecule has 0 atom stereocenters. The Morgan fingerprint density at radius 3 is 2.56 bits per heavy atom. The Labute approximate surface area is 55.0 Å². The maximum Gasteiger partial charge on any atom is 0.218 e. The van der Waals surface area contributed by atoms with Crippen LogP contribution in [0.25, 0.3) is 0 Å². The molecule has 0 saturated carbocycles. The summed E-state index contributed by atoms with van der Waals surface area (Å²) in [6.45, 7) is 0. The van der Waals surface area contributed by atoms with Crippen molar-refractivity contribution in [3.63, 3.8) is 0 Å². The highest BCUT2D eigenvalue weighted by molar-refractivity contribution is 7.73. The van der Waals surface area contributed by atoms with E-state index in [-0.39, 0.29) is 4.86 Å². The lowest BCUT2D eigenvalue weighted by Gasteiger charge is -1.90. The number of allylic oxidation sites excluding steroid dienone is 4. The van der Waals surface area contributed by atoms with Crippen LogP contribution in [0.3, 0.4) is 0 Å². The van der Waals surface area contributed by atoms with Crippen molar-refractivity contribution in [1.82, 2.24) is 0 Å². The Kier molecular flexibility index (Phi) is 1.85. The molecule has 0 aromatic rings. The van der Waals surface area contributed by atoms with E-state index in [1.54, 1.807) is 6.08 Å². The standard InChI is InChI=1S/C6H4O2S/c7-9(8)6-4-2-1-3-5-6/h1-2H,5H2. The van der Waals surface area contributed by atoms with Crippen LogP contribution in [-0.4, -0.2) is 13.3 Å². The molecule has 0 bridgehead atoms. The fourth-order valence-electron chi connectivity index (χ4n) is 0.503. The third-order valence-corrected chi connectivity index (χ3v) is 1.57. The topological polar surface area (TPSA) is 34.1 Å². The van der Waals surface area contributed by atoms with Crippen LogP contribution in [-0.2, 0) is 10.3 Å². The monoisotopic (exact) mass is 140 g/mol. The van der Waals surface area contributed by atoms with Gasteiger partial charge in [0.1, 0.15) is 0 Å². The van der Waals surface area contributed by atoms with E-state index in [1.165, 1.54) is 6.08 Å². The molecule has 0 spiro atoms. The zero-order valence-electron chi connectivity index (χ0n) is 4.59. The number of hydrogen-bond donors (Lipinski definition) is 0. The van der Waals surface area contributed by atoms with E-state index < -0.39 is 10.3 Å². The van der Waals surface area contributed by atoms with Crippen molar-refractivity contribution in [3.8, 4) is 0 Å². The molecule has 2 radical (unpaired) electrons. The van der Waals surface area contributed by atoms with Gasteiger partial charge in [-0.1, -0.05) is 12.2 Å². The van der Waals surface area contributed by atoms with Crippen molar-refractivity contribution in [2.75, 3.05) is 0 Å². The van der Waals surface area contributed by atoms with Crippen molar-refractivity contribution >= 4 is 15.2 Å². The minimum Gasteiger partial charge on any atom is -0.184 e. The van der Waals surface area contributed by atoms with E-state index in [0.717, 1.165) is 0 Å². The molecule has 46 valence electrons. The molecular formula is C6H4O2S. The molecule has 0 aliphatic heterocycles. The van der Waals surface area contributed by atoms with Gasteiger partial charge in [-0.15, -0.1) is 0 Å². The second-order valence-electron chi connectivity index (χ2n) is 1.52. The Hall–Kier alpha value is -0.830. The van der Waals surface area contributed by atoms with Gasteiger partial charge in [0.15, 0.2) is 0 Å². The first-order valence-corrected chi connectivity index (χ1v) is 3.48. The summed E-state index contributed by atoms with van der Waals surface area (Å²) in [6.07, 6.45) is 8.86. The lowest BCUT2D eigenvalue weighted by atomic mass is 10.2. The summed E-state index contributed by atoms with van der Waals surface area (Å²) in [7, 11) is -2.11. The molecule has 2 nitrogen and oxygen atoms in total. The molecule has 0 aromatic carbocycles. The van der Waals surface area contributed by atoms with Crippen molar-refractivity contribution in [2.45, 2.75) is 6.42 Å². The molecule has 9 heavy (non-hydrogen) atoms. The molecule has 0 fully saturated rings. The van der Waals surface area contributed by atoms with Crippen LogP contribution < -0.4 is 0 Å². The van der Waals surface area contributed by atoms with Gasteiger partial charge >= 0.3 is 0 Å². The Morgan fingerprint density at radius 1 is 1.44 bits per heavy atom. The van der Waals surface area contributed by atoms with E-state index in [1.807, 2.05) is 0 Å². The summed E-state index contributed by atoms with van der Waals surface area (Å²) >= 11 is 0. The Balaban J connectivity index is 3.05. The molecule has 0 heterocycles. The van der Waals surface area contributed by atoms with E-state index in [4.69, 9.17) is 0 Å². The van der Waals surface area contributed by atoms with Gasteiger partial charge in [0.05, 0.1) is 4.86 Å². The van der Waals surface area contributed by atoms with Crippen LogP contribution in [0.4, 0.5) is 0 Å². The van der Waals surface area contributed by atoms with Crippen LogP contribution in [0.1, 0.15) is 6.42 Å². The maximum absolute atomic E-state index is 10.2. The summed E-state index contributed by atoms with van der Waals surface area (Å²) in [5.41, 5.74) is 0. The Morgan fingerprint density at radius 2 is 2.22 bits per heavy atom. The molecule has 0 saturated heterocycles. The molecule has 3 heteroatoms. The third-order valence-electron chi connectivity index (χ3n) is 0.909. The summed E-state index contributed by atoms with van der Waals surface area (Å²) in [5, 5.41) is 0. The van der Waals surface area contributed by atoms with Crippen LogP contribution in [0, 0.1) is 12.2 Å². The molecule has 1 rings (SSSR count). The second-order valence-corrected chi connectivity index (χ2v) is 2.48. The fourth-order valence-corrected chi connectivity index (χ4v) is 0.869. The van der Waals surface area contributed by atoms with Gasteiger partial charge in [-0.3, -0.25) is 0 Å². The largest absolute Gasteiger partial charge is 0.218 e. The molecule has 1 aliphatic carbocycles. The fraction of sp³-hybridized carbons (Fsp3) is 0.167. The van der Waals surface area contributed by atoms with Gasteiger partial charge in [0, 0.05) is 12.5 Å². The number of hydrogen-bond acceptors (Lipinski definition) is 2. The summed E-state index contributed by atoms with van der Waals surface area (Å²) in [5.74, 6) is 0. The number of rotatable bonds is 0. The molecule has 0 unspecified atom stereocenters. The second kappa shape index (κ2) is 2.64. The molecular weight excluding hydrogens is 136 g/mol. The summed E-state index contributed by atoms with van der Waals surface area (Å²) in [6, 6.07) is 0. The highest BCUT2D eigenvalue weighted by Crippen LogP contribution is 1.94. The average molecular weight is 140 g/mol. The zero-order valence-corrected chi connectivity index (χ0v) is 5.40. The predicted octanol–water partition coefficient (Wildman–Crippen LogP) is 0.160. The van der Waals surface area contributed by atoms with E-state index in [0.29, 0.717) is 6.42 Å². The van der Waals surface area contributed by atoms with Gasteiger partial charge in [0.25, 0.3) is 0 Å². The van der Waals surface area contributed by atoms with Crippen molar-refractivity contribution in [1.29, 1.82) is 0 Å². The van der Waals surface area contributed by atoms with Gasteiger partial charge in [0.2, 0.25) is 10.3 Å². The normalized spacial score (nSPS) is 16.2. The lowest BCUT2D eigenvalue weighted by molar-refractivity contribution is 0.627. The summed E-state index contributed by atoms with van der Waals surface area (Å²) < 4.78 is 20.4. The van der Waals surface area contributed by atoms with Crippen LogP contribution in [0.5, 0.6) is 0 Å². The van der Waals surface area contributed by atoms with Crippen LogP contribution in [0.15, 0.2) is 12.2 Å². The van der Waals surface area contributed by atoms with Crippen LogP contribution in [0.2, 0.25) is 0 Å². The summed E-state index contributed by atoms with van der Waals surface area (Å²) in [4.78, 5) is 0.275. The maximum atomic E-state index is 10.2. The molecule has 1 aliphatic rings. The van der Waals surface area contributed by atoms with Gasteiger partial charge in [-0.25, -0.2) is 0 Å². The van der Waals surface area contributed by atoms with E-state index >= 15 is 0 Å². The zero-order chi connectivity index (χ0) is 6.69. The predicted molar refractivity (Wildman–Crippen MR) is 34.2 cm³/mol. The minimum absolute atomic E-state index is 0.275. The third kappa shape index (κ3) is 1.54. The first-order chi connectivity index (χ1) is 4.30. The van der Waals surface area contributed by atoms with Gasteiger partial charge in [-0.2, -0.15) is 8.42 Å². The SMILES string of the molecule is O=S(=O)=C1[C]=CC=[C]C1. The quantitative estimate of drug-likeness (QED) is 0.449. The first-order valence-electron chi connectivity index (χ1n) is 2.41. The first kappa shape index (κ1) is 6.29. The van der Waals surface area contributed by atoms with E-state index in [9.17, 15) is 8.42 Å². The lowest BCUT2D eigenvalue weighted by Crippen LogP contribution is -1.96. The van der Waals surface area contributed by atoms with Crippen LogP contribution >= 0.6 is 0 Å². The van der Waals surface area contributed by atoms with Crippen molar-refractivity contribution in [2.24, 2.45) is 0 Å². The van der Waals surface area contributed by atoms with Crippen molar-refractivity contribution < 1.29 is 8.42 Å². The smallest absolute Gasteiger partial charge is 0.184 e. The molecule has 0 amide bonds. The molecule has 0 aromatic heterocycles. The highest BCUT2D eigenvalue weighted by Gasteiger charge is 1.96. The van der Waals surface area contributed by atoms with Gasteiger partial charge in [-0.05, 0) is 6.08 Å². The molecule has 0 N–H and O–H groups in total. The highest BCUT2D eigenvalue weighted by atomic mass is 32.2. The van der Waals surface area contributed by atoms with E-state index in [2.05, 4.69) is 12.2 Å². The minimum atomic E-state index is -2.11. The van der Waals surface area contributed by atoms with Gasteiger partial charge < -0.3 is 0 Å². The average Bonchev–Trinajstić information content (AvgIpc) is 1.90. The van der Waals surface area contributed by atoms with Crippen molar-refractivity contribution in [3.05, 3.63) is 24.3 Å².